The molecule has 1 aliphatic rings. The van der Waals surface area contributed by atoms with Gasteiger partial charge in [0.2, 0.25) is 0 Å². The summed E-state index contributed by atoms with van der Waals surface area (Å²) in [4.78, 5) is 19.9. The number of nitrogens with two attached hydrogens (primary N) is 1. The molecule has 1 amide bonds. The molecule has 0 spiro atoms. The van der Waals surface area contributed by atoms with Crippen LogP contribution in [0.15, 0.2) is 48.7 Å². The fourth-order valence-corrected chi connectivity index (χ4v) is 3.81. The quantitative estimate of drug-likeness (QED) is 0.446. The van der Waals surface area contributed by atoms with Crippen molar-refractivity contribution in [3.8, 4) is 5.75 Å². The number of anilines is 2. The van der Waals surface area contributed by atoms with Crippen LogP contribution < -0.4 is 20.9 Å². The van der Waals surface area contributed by atoms with Crippen LogP contribution in [-0.2, 0) is 11.2 Å². The summed E-state index contributed by atoms with van der Waals surface area (Å²) >= 11 is 0. The topological polar surface area (TPSA) is 107 Å². The summed E-state index contributed by atoms with van der Waals surface area (Å²) in [6.45, 7) is 3.44. The molecule has 1 aromatic heterocycles. The Morgan fingerprint density at radius 3 is 2.60 bits per heavy atom. The number of amides is 1. The van der Waals surface area contributed by atoms with Crippen LogP contribution in [0.4, 0.5) is 11.4 Å². The number of nitrogens with one attached hydrogen (secondary N) is 2. The van der Waals surface area contributed by atoms with Gasteiger partial charge in [-0.15, -0.1) is 0 Å². The Labute approximate surface area is 175 Å². The number of nitrogens with zero attached hydrogens (tertiary/aromatic N) is 2. The highest BCUT2D eigenvalue weighted by atomic mass is 16.5. The van der Waals surface area contributed by atoms with E-state index in [9.17, 15) is 4.79 Å². The Morgan fingerprint density at radius 2 is 1.90 bits per heavy atom. The Morgan fingerprint density at radius 1 is 1.13 bits per heavy atom. The molecule has 1 aliphatic heterocycles. The molecule has 0 aliphatic carbocycles. The van der Waals surface area contributed by atoms with Gasteiger partial charge in [-0.05, 0) is 61.0 Å². The first-order valence-corrected chi connectivity index (χ1v) is 10.1. The molecule has 1 saturated heterocycles. The number of piperazine rings is 1. The van der Waals surface area contributed by atoms with Crippen molar-refractivity contribution in [1.29, 1.82) is 0 Å². The molecule has 0 unspecified atom stereocenters. The van der Waals surface area contributed by atoms with Crippen LogP contribution in [0.5, 0.6) is 5.75 Å². The first-order chi connectivity index (χ1) is 14.7. The number of rotatable bonds is 7. The first-order valence-electron chi connectivity index (χ1n) is 10.1. The number of hydrogen-bond acceptors (Lipinski definition) is 6. The minimum atomic E-state index is -0.00849. The number of carbonyl (C=O) groups excluding carboxylic acids is 1. The molecule has 0 saturated carbocycles. The van der Waals surface area contributed by atoms with Crippen molar-refractivity contribution in [2.24, 2.45) is 5.73 Å². The third kappa shape index (κ3) is 4.34. The van der Waals surface area contributed by atoms with E-state index in [2.05, 4.69) is 15.4 Å². The average Bonchev–Trinajstić information content (AvgIpc) is 3.20. The number of aromatic amines is 1. The minimum absolute atomic E-state index is 0.00849. The molecule has 2 aromatic carbocycles. The molecular weight excluding hydrogens is 382 g/mol. The predicted molar refractivity (Wildman–Crippen MR) is 117 cm³/mol. The second-order valence-electron chi connectivity index (χ2n) is 7.38. The van der Waals surface area contributed by atoms with E-state index < -0.39 is 0 Å². The molecule has 8 heteroatoms. The van der Waals surface area contributed by atoms with Gasteiger partial charge >= 0.3 is 0 Å². The van der Waals surface area contributed by atoms with Gasteiger partial charge in [-0.2, -0.15) is 0 Å². The highest BCUT2D eigenvalue weighted by molar-refractivity contribution is 5.85. The van der Waals surface area contributed by atoms with Crippen LogP contribution in [0.1, 0.15) is 5.56 Å². The summed E-state index contributed by atoms with van der Waals surface area (Å²) in [5.74, 6) is 0.677. The summed E-state index contributed by atoms with van der Waals surface area (Å²) in [6, 6.07) is 13.4. The fraction of sp³-hybridized carbons (Fsp3) is 0.318. The van der Waals surface area contributed by atoms with Crippen LogP contribution in [0, 0.1) is 0 Å². The third-order valence-electron chi connectivity index (χ3n) is 5.51. The SMILES string of the molecule is NCCc1c[nH]c2ccc(OCC(=O)N3CCN(c4ccc(NO)cc4)CC3)cc12. The average molecular weight is 409 g/mol. The zero-order valence-corrected chi connectivity index (χ0v) is 16.8. The second kappa shape index (κ2) is 9.06. The van der Waals surface area contributed by atoms with E-state index in [1.54, 1.807) is 0 Å². The molecule has 1 fully saturated rings. The van der Waals surface area contributed by atoms with Gasteiger partial charge in [0, 0.05) is 49.0 Å². The summed E-state index contributed by atoms with van der Waals surface area (Å²) < 4.78 is 5.79. The van der Waals surface area contributed by atoms with Gasteiger partial charge in [0.15, 0.2) is 6.61 Å². The van der Waals surface area contributed by atoms with Crippen LogP contribution in [0.3, 0.4) is 0 Å². The predicted octanol–water partition coefficient (Wildman–Crippen LogP) is 2.20. The lowest BCUT2D eigenvalue weighted by atomic mass is 10.1. The Kier molecular flexibility index (Phi) is 6.06. The maximum absolute atomic E-state index is 12.6. The zero-order valence-electron chi connectivity index (χ0n) is 16.8. The van der Waals surface area contributed by atoms with Gasteiger partial charge < -0.3 is 25.3 Å². The van der Waals surface area contributed by atoms with Crippen molar-refractivity contribution in [3.05, 3.63) is 54.2 Å². The van der Waals surface area contributed by atoms with Gasteiger partial charge in [0.1, 0.15) is 5.75 Å². The van der Waals surface area contributed by atoms with Crippen molar-refractivity contribution < 1.29 is 14.7 Å². The highest BCUT2D eigenvalue weighted by Crippen LogP contribution is 2.24. The molecule has 158 valence electrons. The molecule has 2 heterocycles. The standard InChI is InChI=1S/C22H27N5O3/c23-8-7-16-14-24-21-6-5-19(13-20(16)21)30-15-22(28)27-11-9-26(10-12-27)18-3-1-17(25-29)2-4-18/h1-6,13-14,24-25,29H,7-12,15,23H2. The lowest BCUT2D eigenvalue weighted by molar-refractivity contribution is -0.133. The van der Waals surface area contributed by atoms with Crippen LogP contribution in [-0.4, -0.2) is 60.3 Å². The largest absolute Gasteiger partial charge is 0.484 e. The smallest absolute Gasteiger partial charge is 0.260 e. The van der Waals surface area contributed by atoms with E-state index in [-0.39, 0.29) is 12.5 Å². The fourth-order valence-electron chi connectivity index (χ4n) is 3.81. The lowest BCUT2D eigenvalue weighted by Crippen LogP contribution is -2.50. The lowest BCUT2D eigenvalue weighted by Gasteiger charge is -2.36. The molecule has 4 rings (SSSR count). The highest BCUT2D eigenvalue weighted by Gasteiger charge is 2.21. The number of aromatic nitrogens is 1. The van der Waals surface area contributed by atoms with Crippen molar-refractivity contribution in [2.45, 2.75) is 6.42 Å². The van der Waals surface area contributed by atoms with Crippen molar-refractivity contribution in [3.63, 3.8) is 0 Å². The monoisotopic (exact) mass is 409 g/mol. The van der Waals surface area contributed by atoms with E-state index in [0.717, 1.165) is 41.7 Å². The summed E-state index contributed by atoms with van der Waals surface area (Å²) in [5, 5.41) is 10.0. The van der Waals surface area contributed by atoms with E-state index in [1.807, 2.05) is 53.6 Å². The van der Waals surface area contributed by atoms with Crippen molar-refractivity contribution in [2.75, 3.05) is 49.7 Å². The number of carbonyl (C=O) groups is 1. The molecule has 0 atom stereocenters. The van der Waals surface area contributed by atoms with Gasteiger partial charge in [0.25, 0.3) is 5.91 Å². The van der Waals surface area contributed by atoms with Crippen LogP contribution >= 0.6 is 0 Å². The number of benzene rings is 2. The second-order valence-corrected chi connectivity index (χ2v) is 7.38. The molecular formula is C22H27N5O3. The number of ether oxygens (including phenoxy) is 1. The third-order valence-corrected chi connectivity index (χ3v) is 5.51. The van der Waals surface area contributed by atoms with E-state index in [0.29, 0.717) is 31.1 Å². The molecule has 0 radical (unpaired) electrons. The van der Waals surface area contributed by atoms with E-state index in [4.69, 9.17) is 15.7 Å². The van der Waals surface area contributed by atoms with Gasteiger partial charge in [-0.1, -0.05) is 0 Å². The summed E-state index contributed by atoms with van der Waals surface area (Å²) in [6.07, 6.45) is 2.77. The Bertz CT molecular complexity index is 994. The minimum Gasteiger partial charge on any atom is -0.484 e. The summed E-state index contributed by atoms with van der Waals surface area (Å²) in [5.41, 5.74) is 11.7. The molecule has 8 nitrogen and oxygen atoms in total. The molecule has 0 bridgehead atoms. The van der Waals surface area contributed by atoms with Crippen LogP contribution in [0.2, 0.25) is 0 Å². The maximum Gasteiger partial charge on any atom is 0.260 e. The van der Waals surface area contributed by atoms with Crippen molar-refractivity contribution >= 4 is 28.2 Å². The first kappa shape index (κ1) is 20.1. The molecule has 3 aromatic rings. The van der Waals surface area contributed by atoms with Gasteiger partial charge in [-0.25, -0.2) is 0 Å². The Hall–Kier alpha value is -3.23. The van der Waals surface area contributed by atoms with Gasteiger partial charge in [-0.3, -0.25) is 15.5 Å². The van der Waals surface area contributed by atoms with E-state index >= 15 is 0 Å². The molecule has 30 heavy (non-hydrogen) atoms. The van der Waals surface area contributed by atoms with Crippen LogP contribution in [0.25, 0.3) is 10.9 Å². The number of H-pyrrole nitrogens is 1. The van der Waals surface area contributed by atoms with Gasteiger partial charge in [0.05, 0.1) is 5.69 Å². The zero-order chi connectivity index (χ0) is 20.9. The maximum atomic E-state index is 12.6. The van der Waals surface area contributed by atoms with Crippen molar-refractivity contribution in [1.82, 2.24) is 9.88 Å². The Balaban J connectivity index is 1.30. The summed E-state index contributed by atoms with van der Waals surface area (Å²) in [7, 11) is 0. The van der Waals surface area contributed by atoms with E-state index in [1.165, 1.54) is 0 Å². The normalized spacial score (nSPS) is 14.2. The number of hydrogen-bond donors (Lipinski definition) is 4. The number of fused-ring (bicyclic) bond motifs is 1. The molecule has 5 N–H and O–H groups in total.